The number of hydrogen-bond acceptors (Lipinski definition) is 4. The van der Waals surface area contributed by atoms with Crippen LogP contribution in [0, 0.1) is 0 Å². The summed E-state index contributed by atoms with van der Waals surface area (Å²) < 4.78 is 5.64. The van der Waals surface area contributed by atoms with Crippen molar-refractivity contribution in [2.75, 3.05) is 6.54 Å². The lowest BCUT2D eigenvalue weighted by atomic mass is 9.93. The van der Waals surface area contributed by atoms with Crippen LogP contribution in [-0.4, -0.2) is 22.9 Å². The molecule has 2 atom stereocenters. The summed E-state index contributed by atoms with van der Waals surface area (Å²) in [4.78, 5) is 0. The standard InChI is InChI=1S/C11H15NO3/c1-6-4-8-7(10(5-12)15-6)2-3-9(13)11(8)14/h2-3,6,10,13-14H,4-5,12H2,1H3. The molecule has 1 aliphatic heterocycles. The van der Waals surface area contributed by atoms with Gasteiger partial charge in [0.2, 0.25) is 0 Å². The van der Waals surface area contributed by atoms with Crippen molar-refractivity contribution in [3.8, 4) is 11.5 Å². The lowest BCUT2D eigenvalue weighted by molar-refractivity contribution is -0.0109. The fourth-order valence-corrected chi connectivity index (χ4v) is 2.03. The van der Waals surface area contributed by atoms with Gasteiger partial charge in [-0.3, -0.25) is 0 Å². The minimum Gasteiger partial charge on any atom is -0.504 e. The molecular formula is C11H15NO3. The Labute approximate surface area is 88.3 Å². The molecule has 0 bridgehead atoms. The Kier molecular flexibility index (Phi) is 2.54. The zero-order chi connectivity index (χ0) is 11.0. The van der Waals surface area contributed by atoms with Crippen LogP contribution in [0.25, 0.3) is 0 Å². The van der Waals surface area contributed by atoms with E-state index < -0.39 is 0 Å². The van der Waals surface area contributed by atoms with E-state index in [2.05, 4.69) is 0 Å². The summed E-state index contributed by atoms with van der Waals surface area (Å²) in [6.07, 6.45) is 0.431. The molecule has 0 spiro atoms. The van der Waals surface area contributed by atoms with E-state index in [1.165, 1.54) is 6.07 Å². The van der Waals surface area contributed by atoms with Crippen molar-refractivity contribution in [2.45, 2.75) is 25.6 Å². The molecule has 0 amide bonds. The van der Waals surface area contributed by atoms with Crippen LogP contribution in [0.1, 0.15) is 24.2 Å². The third-order valence-electron chi connectivity index (χ3n) is 2.75. The number of benzene rings is 1. The normalized spacial score (nSPS) is 24.9. The molecule has 0 radical (unpaired) electrons. The van der Waals surface area contributed by atoms with Crippen LogP contribution in [0.4, 0.5) is 0 Å². The van der Waals surface area contributed by atoms with Crippen molar-refractivity contribution < 1.29 is 14.9 Å². The molecule has 1 aromatic carbocycles. The van der Waals surface area contributed by atoms with Crippen LogP contribution in [0.15, 0.2) is 12.1 Å². The molecule has 2 unspecified atom stereocenters. The molecule has 0 fully saturated rings. The van der Waals surface area contributed by atoms with E-state index in [-0.39, 0.29) is 23.7 Å². The summed E-state index contributed by atoms with van der Waals surface area (Å²) in [7, 11) is 0. The quantitative estimate of drug-likeness (QED) is 0.604. The largest absolute Gasteiger partial charge is 0.504 e. The SMILES string of the molecule is CC1Cc2c(ccc(O)c2O)C(CN)O1. The number of nitrogens with two attached hydrogens (primary N) is 1. The first-order chi connectivity index (χ1) is 7.13. The maximum Gasteiger partial charge on any atom is 0.161 e. The Hall–Kier alpha value is -1.26. The van der Waals surface area contributed by atoms with Crippen molar-refractivity contribution in [3.63, 3.8) is 0 Å². The number of fused-ring (bicyclic) bond motifs is 1. The lowest BCUT2D eigenvalue weighted by Gasteiger charge is -2.30. The number of hydrogen-bond donors (Lipinski definition) is 3. The Bertz CT molecular complexity index is 378. The number of ether oxygens (including phenoxy) is 1. The molecule has 15 heavy (non-hydrogen) atoms. The molecule has 4 nitrogen and oxygen atoms in total. The maximum atomic E-state index is 9.73. The maximum absolute atomic E-state index is 9.73. The van der Waals surface area contributed by atoms with Crippen LogP contribution in [-0.2, 0) is 11.2 Å². The molecule has 1 aromatic rings. The number of rotatable bonds is 1. The highest BCUT2D eigenvalue weighted by Gasteiger charge is 2.27. The topological polar surface area (TPSA) is 75.7 Å². The Morgan fingerprint density at radius 1 is 1.47 bits per heavy atom. The van der Waals surface area contributed by atoms with Gasteiger partial charge in [-0.2, -0.15) is 0 Å². The molecule has 0 saturated carbocycles. The molecule has 0 aromatic heterocycles. The first-order valence-electron chi connectivity index (χ1n) is 5.02. The number of aromatic hydroxyl groups is 2. The van der Waals surface area contributed by atoms with Gasteiger partial charge >= 0.3 is 0 Å². The van der Waals surface area contributed by atoms with Crippen molar-refractivity contribution in [1.82, 2.24) is 0 Å². The molecule has 0 saturated heterocycles. The van der Waals surface area contributed by atoms with Crippen LogP contribution < -0.4 is 5.73 Å². The van der Waals surface area contributed by atoms with E-state index in [0.717, 1.165) is 11.1 Å². The van der Waals surface area contributed by atoms with Gasteiger partial charge in [-0.05, 0) is 18.6 Å². The third kappa shape index (κ3) is 1.66. The smallest absolute Gasteiger partial charge is 0.161 e. The van der Waals surface area contributed by atoms with Crippen LogP contribution in [0.5, 0.6) is 11.5 Å². The van der Waals surface area contributed by atoms with Gasteiger partial charge < -0.3 is 20.7 Å². The van der Waals surface area contributed by atoms with Gasteiger partial charge in [0.15, 0.2) is 11.5 Å². The van der Waals surface area contributed by atoms with Gasteiger partial charge in [0.25, 0.3) is 0 Å². The van der Waals surface area contributed by atoms with Crippen LogP contribution in [0.2, 0.25) is 0 Å². The molecule has 4 heteroatoms. The Morgan fingerprint density at radius 3 is 2.87 bits per heavy atom. The fourth-order valence-electron chi connectivity index (χ4n) is 2.03. The van der Waals surface area contributed by atoms with Gasteiger partial charge in [-0.1, -0.05) is 6.07 Å². The highest BCUT2D eigenvalue weighted by Crippen LogP contribution is 2.39. The van der Waals surface area contributed by atoms with E-state index in [9.17, 15) is 10.2 Å². The van der Waals surface area contributed by atoms with Crippen molar-refractivity contribution in [2.24, 2.45) is 5.73 Å². The lowest BCUT2D eigenvalue weighted by Crippen LogP contribution is -2.28. The summed E-state index contributed by atoms with van der Waals surface area (Å²) in [5.41, 5.74) is 7.23. The fraction of sp³-hybridized carbons (Fsp3) is 0.455. The second-order valence-corrected chi connectivity index (χ2v) is 3.88. The van der Waals surface area contributed by atoms with Crippen LogP contribution in [0.3, 0.4) is 0 Å². The highest BCUT2D eigenvalue weighted by molar-refractivity contribution is 5.50. The van der Waals surface area contributed by atoms with E-state index in [4.69, 9.17) is 10.5 Å². The minimum absolute atomic E-state index is 0.0127. The summed E-state index contributed by atoms with van der Waals surface area (Å²) in [5.74, 6) is -0.125. The van der Waals surface area contributed by atoms with Gasteiger partial charge in [0.1, 0.15) is 0 Å². The van der Waals surface area contributed by atoms with E-state index in [1.807, 2.05) is 6.92 Å². The predicted molar refractivity (Wildman–Crippen MR) is 55.8 cm³/mol. The second kappa shape index (κ2) is 3.72. The first kappa shape index (κ1) is 10.3. The van der Waals surface area contributed by atoms with Crippen molar-refractivity contribution in [3.05, 3.63) is 23.3 Å². The van der Waals surface area contributed by atoms with Crippen molar-refractivity contribution in [1.29, 1.82) is 0 Å². The monoisotopic (exact) mass is 209 g/mol. The molecule has 2 rings (SSSR count). The molecule has 4 N–H and O–H groups in total. The van der Waals surface area contributed by atoms with Gasteiger partial charge in [0, 0.05) is 18.5 Å². The minimum atomic E-state index is -0.185. The first-order valence-corrected chi connectivity index (χ1v) is 5.02. The average Bonchev–Trinajstić information content (AvgIpc) is 2.23. The summed E-state index contributed by atoms with van der Waals surface area (Å²) >= 11 is 0. The van der Waals surface area contributed by atoms with E-state index in [0.29, 0.717) is 13.0 Å². The van der Waals surface area contributed by atoms with Crippen molar-refractivity contribution >= 4 is 0 Å². The average molecular weight is 209 g/mol. The third-order valence-corrected chi connectivity index (χ3v) is 2.75. The van der Waals surface area contributed by atoms with E-state index in [1.54, 1.807) is 6.07 Å². The molecule has 82 valence electrons. The molecule has 0 aliphatic carbocycles. The molecular weight excluding hydrogens is 194 g/mol. The molecule has 1 aliphatic rings. The summed E-state index contributed by atoms with van der Waals surface area (Å²) in [6, 6.07) is 3.23. The van der Waals surface area contributed by atoms with Crippen LogP contribution >= 0.6 is 0 Å². The zero-order valence-electron chi connectivity index (χ0n) is 8.60. The van der Waals surface area contributed by atoms with Gasteiger partial charge in [-0.25, -0.2) is 0 Å². The predicted octanol–water partition coefficient (Wildman–Crippen LogP) is 1.06. The number of phenols is 2. The molecule has 1 heterocycles. The second-order valence-electron chi connectivity index (χ2n) is 3.88. The number of phenolic OH excluding ortho intramolecular Hbond substituents is 2. The highest BCUT2D eigenvalue weighted by atomic mass is 16.5. The van der Waals surface area contributed by atoms with Gasteiger partial charge in [0.05, 0.1) is 12.2 Å². The summed E-state index contributed by atoms with van der Waals surface area (Å²) in [6.45, 7) is 2.30. The Morgan fingerprint density at radius 2 is 2.20 bits per heavy atom. The summed E-state index contributed by atoms with van der Waals surface area (Å²) in [5, 5.41) is 19.1. The Balaban J connectivity index is 2.51. The van der Waals surface area contributed by atoms with Gasteiger partial charge in [-0.15, -0.1) is 0 Å². The zero-order valence-corrected chi connectivity index (χ0v) is 8.60. The van der Waals surface area contributed by atoms with E-state index >= 15 is 0 Å².